The molecular weight excluding hydrogens is 436 g/mol. The summed E-state index contributed by atoms with van der Waals surface area (Å²) in [4.78, 5) is 29.7. The fraction of sp³-hybridized carbons (Fsp3) is 0.385. The number of rotatable bonds is 9. The van der Waals surface area contributed by atoms with Crippen molar-refractivity contribution in [2.24, 2.45) is 0 Å². The molecule has 1 aromatic carbocycles. The lowest BCUT2D eigenvalue weighted by Gasteiger charge is -2.32. The number of ether oxygens (including phenoxy) is 1. The summed E-state index contributed by atoms with van der Waals surface area (Å²) < 4.78 is 10.9. The molecule has 0 radical (unpaired) electrons. The van der Waals surface area contributed by atoms with Crippen molar-refractivity contribution in [2.75, 3.05) is 7.11 Å². The number of furan rings is 1. The van der Waals surface area contributed by atoms with Gasteiger partial charge in [0.05, 0.1) is 19.8 Å². The smallest absolute Gasteiger partial charge is 0.250 e. The largest absolute Gasteiger partial charge is 0.497 e. The van der Waals surface area contributed by atoms with Crippen LogP contribution in [0.1, 0.15) is 54.3 Å². The summed E-state index contributed by atoms with van der Waals surface area (Å²) in [5, 5.41) is 5.15. The fourth-order valence-electron chi connectivity index (χ4n) is 4.31. The molecule has 174 valence electrons. The molecule has 7 heteroatoms. The number of carbonyl (C=O) groups excluding carboxylic acids is 2. The van der Waals surface area contributed by atoms with Gasteiger partial charge >= 0.3 is 0 Å². The molecule has 33 heavy (non-hydrogen) atoms. The number of methoxy groups -OCH3 is 1. The van der Waals surface area contributed by atoms with E-state index in [1.165, 1.54) is 17.8 Å². The lowest BCUT2D eigenvalue weighted by atomic mass is 9.95. The van der Waals surface area contributed by atoms with Crippen LogP contribution in [0.4, 0.5) is 0 Å². The maximum atomic E-state index is 13.6. The Bertz CT molecular complexity index is 1010. The summed E-state index contributed by atoms with van der Waals surface area (Å²) in [6, 6.07) is 14.3. The first-order chi connectivity index (χ1) is 16.1. The van der Waals surface area contributed by atoms with E-state index in [-0.39, 0.29) is 30.8 Å². The Balaban J connectivity index is 1.63. The zero-order valence-electron chi connectivity index (χ0n) is 18.9. The van der Waals surface area contributed by atoms with Crippen LogP contribution in [0.15, 0.2) is 64.6 Å². The summed E-state index contributed by atoms with van der Waals surface area (Å²) in [6.07, 6.45) is 7.16. The van der Waals surface area contributed by atoms with Crippen LogP contribution in [0.3, 0.4) is 0 Å². The number of nitrogens with zero attached hydrogens (tertiary/aromatic N) is 1. The van der Waals surface area contributed by atoms with E-state index < -0.39 is 6.04 Å². The van der Waals surface area contributed by atoms with E-state index in [0.29, 0.717) is 5.76 Å². The number of hydrogen-bond acceptors (Lipinski definition) is 5. The topological polar surface area (TPSA) is 71.8 Å². The van der Waals surface area contributed by atoms with Gasteiger partial charge < -0.3 is 19.4 Å². The molecule has 0 spiro atoms. The van der Waals surface area contributed by atoms with Crippen molar-refractivity contribution in [1.29, 1.82) is 0 Å². The van der Waals surface area contributed by atoms with Gasteiger partial charge in [0.15, 0.2) is 6.04 Å². The van der Waals surface area contributed by atoms with Crippen LogP contribution in [-0.4, -0.2) is 29.9 Å². The molecule has 1 unspecified atom stereocenters. The number of thiophene rings is 1. The molecule has 2 aromatic heterocycles. The van der Waals surface area contributed by atoms with Crippen molar-refractivity contribution in [3.63, 3.8) is 0 Å². The standard InChI is InChI=1S/C26H30N2O4S/c1-31-21-13-11-19(12-14-21)18-28(24(29)17-22-9-6-16-33-22)25(23-10-5-15-32-23)26(30)27-20-7-3-2-4-8-20/h5-6,9-16,20,25H,2-4,7-8,17-18H2,1H3,(H,27,30). The first kappa shape index (κ1) is 23.1. The van der Waals surface area contributed by atoms with Gasteiger partial charge in [0.25, 0.3) is 5.91 Å². The Morgan fingerprint density at radius 1 is 1.12 bits per heavy atom. The van der Waals surface area contributed by atoms with Crippen molar-refractivity contribution >= 4 is 23.2 Å². The molecule has 0 bridgehead atoms. The number of hydrogen-bond donors (Lipinski definition) is 1. The SMILES string of the molecule is COc1ccc(CN(C(=O)Cc2cccs2)C(C(=O)NC2CCCCC2)c2ccco2)cc1. The first-order valence-electron chi connectivity index (χ1n) is 11.4. The van der Waals surface area contributed by atoms with Crippen molar-refractivity contribution in [1.82, 2.24) is 10.2 Å². The molecule has 1 aliphatic rings. The molecule has 0 aliphatic heterocycles. The minimum absolute atomic E-state index is 0.117. The minimum atomic E-state index is -0.837. The normalized spacial score (nSPS) is 15.1. The van der Waals surface area contributed by atoms with E-state index in [4.69, 9.17) is 9.15 Å². The van der Waals surface area contributed by atoms with Gasteiger partial charge in [-0.3, -0.25) is 9.59 Å². The average Bonchev–Trinajstić information content (AvgIpc) is 3.54. The minimum Gasteiger partial charge on any atom is -0.497 e. The Kier molecular flexibility index (Phi) is 7.83. The van der Waals surface area contributed by atoms with Crippen molar-refractivity contribution in [3.05, 3.63) is 76.4 Å². The van der Waals surface area contributed by atoms with Crippen molar-refractivity contribution in [2.45, 2.75) is 57.2 Å². The second-order valence-corrected chi connectivity index (χ2v) is 9.42. The van der Waals surface area contributed by atoms with Crippen LogP contribution in [0.2, 0.25) is 0 Å². The highest BCUT2D eigenvalue weighted by molar-refractivity contribution is 7.10. The average molecular weight is 467 g/mol. The molecule has 3 aromatic rings. The van der Waals surface area contributed by atoms with Crippen LogP contribution in [-0.2, 0) is 22.6 Å². The Morgan fingerprint density at radius 3 is 2.55 bits per heavy atom. The Morgan fingerprint density at radius 2 is 1.91 bits per heavy atom. The molecule has 1 N–H and O–H groups in total. The predicted octanol–water partition coefficient (Wildman–Crippen LogP) is 5.11. The molecule has 6 nitrogen and oxygen atoms in total. The van der Waals surface area contributed by atoms with Crippen LogP contribution < -0.4 is 10.1 Å². The van der Waals surface area contributed by atoms with E-state index in [2.05, 4.69) is 5.32 Å². The molecule has 2 amide bonds. The fourth-order valence-corrected chi connectivity index (χ4v) is 5.01. The number of carbonyl (C=O) groups is 2. The van der Waals surface area contributed by atoms with Gasteiger partial charge in [0.2, 0.25) is 5.91 Å². The molecule has 2 heterocycles. The van der Waals surface area contributed by atoms with Gasteiger partial charge in [-0.1, -0.05) is 37.5 Å². The zero-order chi connectivity index (χ0) is 23.0. The van der Waals surface area contributed by atoms with E-state index in [9.17, 15) is 9.59 Å². The highest BCUT2D eigenvalue weighted by atomic mass is 32.1. The van der Waals surface area contributed by atoms with E-state index in [0.717, 1.165) is 41.9 Å². The van der Waals surface area contributed by atoms with Gasteiger partial charge in [-0.2, -0.15) is 0 Å². The number of amides is 2. The summed E-state index contributed by atoms with van der Waals surface area (Å²) >= 11 is 1.54. The van der Waals surface area contributed by atoms with E-state index in [1.54, 1.807) is 30.4 Å². The second kappa shape index (κ2) is 11.2. The summed E-state index contributed by atoms with van der Waals surface area (Å²) in [7, 11) is 1.62. The van der Waals surface area contributed by atoms with E-state index >= 15 is 0 Å². The maximum absolute atomic E-state index is 13.6. The monoisotopic (exact) mass is 466 g/mol. The zero-order valence-corrected chi connectivity index (χ0v) is 19.7. The van der Waals surface area contributed by atoms with Crippen LogP contribution >= 0.6 is 11.3 Å². The van der Waals surface area contributed by atoms with Crippen molar-refractivity contribution in [3.8, 4) is 5.75 Å². The molecule has 1 saturated carbocycles. The van der Waals surface area contributed by atoms with Gasteiger partial charge in [0.1, 0.15) is 11.5 Å². The number of nitrogens with one attached hydrogen (secondary N) is 1. The van der Waals surface area contributed by atoms with Crippen molar-refractivity contribution < 1.29 is 18.7 Å². The summed E-state index contributed by atoms with van der Waals surface area (Å²) in [5.74, 6) is 0.905. The van der Waals surface area contributed by atoms with Crippen LogP contribution in [0.25, 0.3) is 0 Å². The predicted molar refractivity (Wildman–Crippen MR) is 128 cm³/mol. The third-order valence-corrected chi connectivity index (χ3v) is 6.94. The molecule has 1 aliphatic carbocycles. The Labute approximate surface area is 198 Å². The quantitative estimate of drug-likeness (QED) is 0.476. The third-order valence-electron chi connectivity index (χ3n) is 6.06. The molecule has 1 atom stereocenters. The summed E-state index contributed by atoms with van der Waals surface area (Å²) in [6.45, 7) is 0.289. The molecule has 0 saturated heterocycles. The molecular formula is C26H30N2O4S. The lowest BCUT2D eigenvalue weighted by molar-refractivity contribution is -0.142. The van der Waals surface area contributed by atoms with E-state index in [1.807, 2.05) is 41.8 Å². The first-order valence-corrected chi connectivity index (χ1v) is 12.3. The van der Waals surface area contributed by atoms with Gasteiger partial charge in [0, 0.05) is 17.5 Å². The van der Waals surface area contributed by atoms with Gasteiger partial charge in [-0.15, -0.1) is 11.3 Å². The summed E-state index contributed by atoms with van der Waals surface area (Å²) in [5.41, 5.74) is 0.914. The molecule has 4 rings (SSSR count). The van der Waals surface area contributed by atoms with Gasteiger partial charge in [-0.25, -0.2) is 0 Å². The number of benzene rings is 1. The highest BCUT2D eigenvalue weighted by Gasteiger charge is 2.35. The molecule has 1 fully saturated rings. The van der Waals surface area contributed by atoms with Gasteiger partial charge in [-0.05, 0) is 54.1 Å². The maximum Gasteiger partial charge on any atom is 0.250 e. The lowest BCUT2D eigenvalue weighted by Crippen LogP contribution is -2.47. The van der Waals surface area contributed by atoms with Crippen LogP contribution in [0, 0.1) is 0 Å². The van der Waals surface area contributed by atoms with Crippen LogP contribution in [0.5, 0.6) is 5.75 Å². The third kappa shape index (κ3) is 6.05. The highest BCUT2D eigenvalue weighted by Crippen LogP contribution is 2.28. The Hall–Kier alpha value is -3.06. The second-order valence-electron chi connectivity index (χ2n) is 8.39.